The van der Waals surface area contributed by atoms with E-state index in [0.717, 1.165) is 33.6 Å². The predicted octanol–water partition coefficient (Wildman–Crippen LogP) is 10.8. The maximum absolute atomic E-state index is 16.7. The first-order valence-electron chi connectivity index (χ1n) is 17.9. The number of ether oxygens (including phenoxy) is 5. The van der Waals surface area contributed by atoms with Gasteiger partial charge in [0.15, 0.2) is 6.10 Å². The molecule has 4 unspecified atom stereocenters. The smallest absolute Gasteiger partial charge is 0.304 e. The molecule has 1 saturated heterocycles. The molecule has 4 atom stereocenters. The van der Waals surface area contributed by atoms with E-state index in [1.807, 2.05) is 148 Å². The lowest BCUT2D eigenvalue weighted by Crippen LogP contribution is -2.61. The zero-order valence-electron chi connectivity index (χ0n) is 29.9. The Labute approximate surface area is 311 Å². The summed E-state index contributed by atoms with van der Waals surface area (Å²) in [6.45, 7) is 6.40. The molecule has 5 aromatic carbocycles. The van der Waals surface area contributed by atoms with Gasteiger partial charge in [-0.1, -0.05) is 141 Å². The van der Waals surface area contributed by atoms with Gasteiger partial charge in [0.1, 0.15) is 24.1 Å². The highest BCUT2D eigenvalue weighted by Gasteiger charge is 2.60. The van der Waals surface area contributed by atoms with E-state index in [-0.39, 0.29) is 26.4 Å². The topological polar surface area (TPSA) is 46.2 Å². The van der Waals surface area contributed by atoms with E-state index in [1.165, 1.54) is 0 Å². The van der Waals surface area contributed by atoms with Gasteiger partial charge in [-0.05, 0) is 64.9 Å². The minimum absolute atomic E-state index is 0.0276. The van der Waals surface area contributed by atoms with Gasteiger partial charge in [0.2, 0.25) is 0 Å². The van der Waals surface area contributed by atoms with Crippen LogP contribution in [0.15, 0.2) is 133 Å². The lowest BCUT2D eigenvalue weighted by molar-refractivity contribution is -0.319. The molecule has 0 amide bonds. The van der Waals surface area contributed by atoms with Gasteiger partial charge in [-0.2, -0.15) is 0 Å². The molecular formula is C44H47ClF2O5. The van der Waals surface area contributed by atoms with Gasteiger partial charge in [-0.3, -0.25) is 0 Å². The molecule has 5 nitrogen and oxygen atoms in total. The third kappa shape index (κ3) is 10.5. The maximum Gasteiger partial charge on any atom is 0.304 e. The first-order chi connectivity index (χ1) is 25.4. The molecule has 6 rings (SSSR count). The van der Waals surface area contributed by atoms with E-state index < -0.39 is 30.3 Å². The normalized spacial score (nSPS) is 19.3. The highest BCUT2D eigenvalue weighted by Crippen LogP contribution is 2.45. The molecular weight excluding hydrogens is 682 g/mol. The SMILES string of the molecule is CC.CCOc1ccc(Cc2cc(C3OC(COCc4ccccc4)C(F)(F)C(OCc4ccccc4)C3OCc3ccccc3)ccc2Cl)cc1. The number of alkyl halides is 2. The Bertz CT molecular complexity index is 1760. The van der Waals surface area contributed by atoms with Crippen LogP contribution in [0, 0.1) is 0 Å². The fourth-order valence-electron chi connectivity index (χ4n) is 6.09. The second-order valence-electron chi connectivity index (χ2n) is 12.3. The number of hydrogen-bond acceptors (Lipinski definition) is 5. The van der Waals surface area contributed by atoms with Crippen molar-refractivity contribution in [3.8, 4) is 5.75 Å². The van der Waals surface area contributed by atoms with Crippen molar-refractivity contribution in [2.24, 2.45) is 0 Å². The number of hydrogen-bond donors (Lipinski definition) is 0. The van der Waals surface area contributed by atoms with Crippen LogP contribution in [0.2, 0.25) is 5.02 Å². The monoisotopic (exact) mass is 728 g/mol. The Morgan fingerprint density at radius 1 is 0.673 bits per heavy atom. The fraction of sp³-hybridized carbons (Fsp3) is 0.318. The Kier molecular flexibility index (Phi) is 14.8. The summed E-state index contributed by atoms with van der Waals surface area (Å²) in [6, 6.07) is 41.5. The Hall–Kier alpha value is -4.11. The number of benzene rings is 5. The lowest BCUT2D eigenvalue weighted by Gasteiger charge is -2.46. The van der Waals surface area contributed by atoms with Crippen LogP contribution in [0.25, 0.3) is 0 Å². The van der Waals surface area contributed by atoms with Gasteiger partial charge >= 0.3 is 5.92 Å². The van der Waals surface area contributed by atoms with Crippen molar-refractivity contribution in [3.05, 3.63) is 172 Å². The molecule has 0 saturated carbocycles. The second kappa shape index (κ2) is 19.6. The molecule has 1 aliphatic heterocycles. The standard InChI is InChI=1S/C42H41ClF2O5.C2H6/c1-2-47-36-21-18-30(19-22-36)24-35-25-34(20-23-37(35)43)39-40(48-27-32-14-8-4-9-15-32)41(49-28-33-16-10-5-11-17-33)42(44,45)38(50-39)29-46-26-31-12-6-3-7-13-31;1-2/h3-23,25,38-41H,2,24,26-29H2,1H3;1-2H3. The lowest BCUT2D eigenvalue weighted by atomic mass is 9.88. The minimum Gasteiger partial charge on any atom is -0.494 e. The van der Waals surface area contributed by atoms with Crippen LogP contribution in [-0.4, -0.2) is 37.4 Å². The van der Waals surface area contributed by atoms with E-state index in [1.54, 1.807) is 6.07 Å². The third-order valence-corrected chi connectivity index (χ3v) is 9.05. The molecule has 0 spiro atoms. The average molecular weight is 729 g/mol. The van der Waals surface area contributed by atoms with Crippen LogP contribution in [-0.2, 0) is 45.2 Å². The first-order valence-corrected chi connectivity index (χ1v) is 18.2. The fourth-order valence-corrected chi connectivity index (χ4v) is 6.27. The molecule has 8 heteroatoms. The van der Waals surface area contributed by atoms with Crippen molar-refractivity contribution < 1.29 is 32.5 Å². The molecule has 0 aromatic heterocycles. The van der Waals surface area contributed by atoms with Crippen LogP contribution in [0.5, 0.6) is 5.75 Å². The van der Waals surface area contributed by atoms with E-state index in [0.29, 0.717) is 23.6 Å². The van der Waals surface area contributed by atoms with Gasteiger partial charge in [0.25, 0.3) is 0 Å². The predicted molar refractivity (Wildman–Crippen MR) is 202 cm³/mol. The molecule has 0 aliphatic carbocycles. The summed E-state index contributed by atoms with van der Waals surface area (Å²) in [5.41, 5.74) is 5.00. The molecule has 0 radical (unpaired) electrons. The third-order valence-electron chi connectivity index (χ3n) is 8.68. The van der Waals surface area contributed by atoms with Crippen molar-refractivity contribution in [2.75, 3.05) is 13.2 Å². The quantitative estimate of drug-likeness (QED) is 0.107. The highest BCUT2D eigenvalue weighted by atomic mass is 35.5. The molecule has 0 bridgehead atoms. The van der Waals surface area contributed by atoms with Crippen LogP contribution >= 0.6 is 11.6 Å². The van der Waals surface area contributed by atoms with Gasteiger partial charge in [0, 0.05) is 5.02 Å². The number of halogens is 3. The van der Waals surface area contributed by atoms with E-state index in [9.17, 15) is 0 Å². The van der Waals surface area contributed by atoms with Gasteiger partial charge < -0.3 is 23.7 Å². The Morgan fingerprint density at radius 3 is 1.81 bits per heavy atom. The van der Waals surface area contributed by atoms with Crippen molar-refractivity contribution in [1.82, 2.24) is 0 Å². The summed E-state index contributed by atoms with van der Waals surface area (Å²) in [6.07, 6.45) is -4.83. The summed E-state index contributed by atoms with van der Waals surface area (Å²) in [5.74, 6) is -2.67. The zero-order valence-corrected chi connectivity index (χ0v) is 30.7. The van der Waals surface area contributed by atoms with E-state index in [4.69, 9.17) is 35.3 Å². The minimum atomic E-state index is -3.46. The molecule has 274 valence electrons. The van der Waals surface area contributed by atoms with Crippen LogP contribution < -0.4 is 4.74 Å². The van der Waals surface area contributed by atoms with E-state index >= 15 is 8.78 Å². The van der Waals surface area contributed by atoms with Crippen LogP contribution in [0.4, 0.5) is 8.78 Å². The average Bonchev–Trinajstić information content (AvgIpc) is 3.18. The largest absolute Gasteiger partial charge is 0.494 e. The maximum atomic E-state index is 16.7. The van der Waals surface area contributed by atoms with Crippen molar-refractivity contribution in [1.29, 1.82) is 0 Å². The second-order valence-corrected chi connectivity index (χ2v) is 12.7. The van der Waals surface area contributed by atoms with Gasteiger partial charge in [-0.15, -0.1) is 0 Å². The van der Waals surface area contributed by atoms with Crippen LogP contribution in [0.3, 0.4) is 0 Å². The molecule has 52 heavy (non-hydrogen) atoms. The van der Waals surface area contributed by atoms with Gasteiger partial charge in [0.05, 0.1) is 33.0 Å². The molecule has 1 heterocycles. The summed E-state index contributed by atoms with van der Waals surface area (Å²) in [4.78, 5) is 0. The number of rotatable bonds is 15. The van der Waals surface area contributed by atoms with E-state index in [2.05, 4.69) is 0 Å². The van der Waals surface area contributed by atoms with Gasteiger partial charge in [-0.25, -0.2) is 8.78 Å². The Balaban J connectivity index is 0.00000257. The summed E-state index contributed by atoms with van der Waals surface area (Å²) in [5, 5.41) is 0.560. The summed E-state index contributed by atoms with van der Waals surface area (Å²) >= 11 is 6.73. The summed E-state index contributed by atoms with van der Waals surface area (Å²) < 4.78 is 63.8. The van der Waals surface area contributed by atoms with Crippen molar-refractivity contribution in [3.63, 3.8) is 0 Å². The molecule has 1 aliphatic rings. The van der Waals surface area contributed by atoms with Crippen molar-refractivity contribution in [2.45, 2.75) is 77.4 Å². The first kappa shape index (κ1) is 39.1. The molecule has 0 N–H and O–H groups in total. The summed E-state index contributed by atoms with van der Waals surface area (Å²) in [7, 11) is 0. The highest BCUT2D eigenvalue weighted by molar-refractivity contribution is 6.31. The van der Waals surface area contributed by atoms with Crippen LogP contribution in [0.1, 0.15) is 60.3 Å². The zero-order chi connectivity index (χ0) is 36.8. The Morgan fingerprint density at radius 2 is 1.23 bits per heavy atom. The molecule has 1 fully saturated rings. The molecule has 5 aromatic rings. The van der Waals surface area contributed by atoms with Crippen molar-refractivity contribution >= 4 is 11.6 Å².